The van der Waals surface area contributed by atoms with Gasteiger partial charge in [0.2, 0.25) is 0 Å². The van der Waals surface area contributed by atoms with Gasteiger partial charge < -0.3 is 10.8 Å². The maximum atomic E-state index is 13.6. The van der Waals surface area contributed by atoms with Gasteiger partial charge >= 0.3 is 0 Å². The minimum absolute atomic E-state index is 0.0369. The van der Waals surface area contributed by atoms with Gasteiger partial charge in [-0.15, -0.1) is 0 Å². The summed E-state index contributed by atoms with van der Waals surface area (Å²) in [5.74, 6) is -0.253. The largest absolute Gasteiger partial charge is 0.396 e. The van der Waals surface area contributed by atoms with E-state index in [9.17, 15) is 9.50 Å². The Bertz CT molecular complexity index is 357. The van der Waals surface area contributed by atoms with Crippen LogP contribution in [0.1, 0.15) is 25.5 Å². The zero-order valence-corrected chi connectivity index (χ0v) is 11.0. The molecule has 90 valence electrons. The smallest absolute Gasteiger partial charge is 0.128 e. The fraction of sp³-hybridized carbons (Fsp3) is 0.500. The molecule has 0 saturated heterocycles. The Labute approximate surface area is 104 Å². The molecule has 0 aliphatic carbocycles. The molecule has 0 saturated carbocycles. The van der Waals surface area contributed by atoms with Crippen LogP contribution in [-0.4, -0.2) is 11.7 Å². The standard InChI is InChI=1S/C12H17BrFNO/c1-7(2)10(6-16)12(15)9-5-8(13)3-4-11(9)14/h3-5,7,10,12,16H,6,15H2,1-2H3. The van der Waals surface area contributed by atoms with E-state index < -0.39 is 6.04 Å². The molecule has 2 nitrogen and oxygen atoms in total. The fourth-order valence-electron chi connectivity index (χ4n) is 1.74. The van der Waals surface area contributed by atoms with Gasteiger partial charge in [-0.1, -0.05) is 29.8 Å². The highest BCUT2D eigenvalue weighted by atomic mass is 79.9. The van der Waals surface area contributed by atoms with E-state index in [1.54, 1.807) is 12.1 Å². The zero-order chi connectivity index (χ0) is 12.3. The maximum Gasteiger partial charge on any atom is 0.128 e. The summed E-state index contributed by atoms with van der Waals surface area (Å²) in [6, 6.07) is 4.20. The summed E-state index contributed by atoms with van der Waals surface area (Å²) in [6.07, 6.45) is 0. The average Bonchev–Trinajstić information content (AvgIpc) is 2.22. The van der Waals surface area contributed by atoms with Crippen LogP contribution in [0.2, 0.25) is 0 Å². The number of nitrogens with two attached hydrogens (primary N) is 1. The predicted octanol–water partition coefficient (Wildman–Crippen LogP) is 2.85. The Morgan fingerprint density at radius 1 is 1.44 bits per heavy atom. The molecule has 0 fully saturated rings. The minimum atomic E-state index is -0.484. The quantitative estimate of drug-likeness (QED) is 0.895. The van der Waals surface area contributed by atoms with Gasteiger partial charge in [-0.2, -0.15) is 0 Å². The van der Waals surface area contributed by atoms with Gasteiger partial charge in [-0.3, -0.25) is 0 Å². The van der Waals surface area contributed by atoms with Crippen LogP contribution >= 0.6 is 15.9 Å². The van der Waals surface area contributed by atoms with Crippen LogP contribution < -0.4 is 5.73 Å². The number of aliphatic hydroxyl groups excluding tert-OH is 1. The molecule has 16 heavy (non-hydrogen) atoms. The summed E-state index contributed by atoms with van der Waals surface area (Å²) in [6.45, 7) is 3.90. The third-order valence-corrected chi connectivity index (χ3v) is 3.34. The van der Waals surface area contributed by atoms with E-state index in [0.29, 0.717) is 5.56 Å². The van der Waals surface area contributed by atoms with E-state index in [0.717, 1.165) is 4.47 Å². The molecule has 3 N–H and O–H groups in total. The molecule has 0 aliphatic heterocycles. The fourth-order valence-corrected chi connectivity index (χ4v) is 2.12. The summed E-state index contributed by atoms with van der Waals surface area (Å²) < 4.78 is 14.4. The van der Waals surface area contributed by atoms with Crippen LogP contribution in [0.25, 0.3) is 0 Å². The van der Waals surface area contributed by atoms with Crippen LogP contribution in [0.4, 0.5) is 4.39 Å². The first-order valence-corrected chi connectivity index (χ1v) is 6.08. The summed E-state index contributed by atoms with van der Waals surface area (Å²) in [5.41, 5.74) is 6.45. The SMILES string of the molecule is CC(C)C(CO)C(N)c1cc(Br)ccc1F. The number of hydrogen-bond donors (Lipinski definition) is 2. The molecule has 4 heteroatoms. The molecule has 1 rings (SSSR count). The third-order valence-electron chi connectivity index (χ3n) is 2.85. The molecule has 0 spiro atoms. The van der Waals surface area contributed by atoms with Gasteiger partial charge in [0.15, 0.2) is 0 Å². The first kappa shape index (κ1) is 13.6. The third kappa shape index (κ3) is 3.03. The molecule has 0 bridgehead atoms. The van der Waals surface area contributed by atoms with Crippen molar-refractivity contribution >= 4 is 15.9 Å². The first-order chi connectivity index (χ1) is 7.47. The average molecular weight is 290 g/mol. The van der Waals surface area contributed by atoms with Crippen LogP contribution in [0.5, 0.6) is 0 Å². The molecule has 0 amide bonds. The van der Waals surface area contributed by atoms with Gasteiger partial charge in [0.1, 0.15) is 5.82 Å². The topological polar surface area (TPSA) is 46.2 Å². The summed E-state index contributed by atoms with van der Waals surface area (Å²) in [5, 5.41) is 9.27. The summed E-state index contributed by atoms with van der Waals surface area (Å²) in [7, 11) is 0. The summed E-state index contributed by atoms with van der Waals surface area (Å²) >= 11 is 3.29. The normalized spacial score (nSPS) is 15.2. The Kier molecular flexibility index (Phi) is 4.89. The molecule has 0 heterocycles. The number of aliphatic hydroxyl groups is 1. The Hall–Kier alpha value is -0.450. The maximum absolute atomic E-state index is 13.6. The molecule has 0 aliphatic rings. The second-order valence-corrected chi connectivity index (χ2v) is 5.20. The Balaban J connectivity index is 3.02. The van der Waals surface area contributed by atoms with Crippen molar-refractivity contribution < 1.29 is 9.50 Å². The second kappa shape index (κ2) is 5.75. The van der Waals surface area contributed by atoms with Crippen LogP contribution in [-0.2, 0) is 0 Å². The molecular weight excluding hydrogens is 273 g/mol. The van der Waals surface area contributed by atoms with Crippen molar-refractivity contribution in [1.29, 1.82) is 0 Å². The second-order valence-electron chi connectivity index (χ2n) is 4.28. The first-order valence-electron chi connectivity index (χ1n) is 5.28. The van der Waals surface area contributed by atoms with Crippen molar-refractivity contribution in [3.63, 3.8) is 0 Å². The van der Waals surface area contributed by atoms with Gasteiger partial charge in [-0.05, 0) is 24.1 Å². The van der Waals surface area contributed by atoms with E-state index in [2.05, 4.69) is 15.9 Å². The highest BCUT2D eigenvalue weighted by Gasteiger charge is 2.24. The van der Waals surface area contributed by atoms with E-state index in [1.165, 1.54) is 6.07 Å². The highest BCUT2D eigenvalue weighted by molar-refractivity contribution is 9.10. The van der Waals surface area contributed by atoms with Crippen molar-refractivity contribution in [3.05, 3.63) is 34.1 Å². The zero-order valence-electron chi connectivity index (χ0n) is 9.45. The summed E-state index contributed by atoms with van der Waals surface area (Å²) in [4.78, 5) is 0. The Morgan fingerprint density at radius 3 is 2.56 bits per heavy atom. The van der Waals surface area contributed by atoms with Crippen LogP contribution in [0.3, 0.4) is 0 Å². The molecule has 1 aromatic carbocycles. The Morgan fingerprint density at radius 2 is 2.06 bits per heavy atom. The lowest BCUT2D eigenvalue weighted by Gasteiger charge is -2.26. The van der Waals surface area contributed by atoms with Crippen LogP contribution in [0.15, 0.2) is 22.7 Å². The van der Waals surface area contributed by atoms with Gasteiger partial charge in [0.25, 0.3) is 0 Å². The van der Waals surface area contributed by atoms with Crippen LogP contribution in [0, 0.1) is 17.7 Å². The molecule has 2 atom stereocenters. The molecule has 2 unspecified atom stereocenters. The van der Waals surface area contributed by atoms with Crippen molar-refractivity contribution in [2.75, 3.05) is 6.61 Å². The van der Waals surface area contributed by atoms with Crippen molar-refractivity contribution in [1.82, 2.24) is 0 Å². The van der Waals surface area contributed by atoms with Crippen molar-refractivity contribution in [2.45, 2.75) is 19.9 Å². The van der Waals surface area contributed by atoms with E-state index in [1.807, 2.05) is 13.8 Å². The lowest BCUT2D eigenvalue weighted by molar-refractivity contribution is 0.164. The van der Waals surface area contributed by atoms with Gasteiger partial charge in [0, 0.05) is 28.6 Å². The molecular formula is C12H17BrFNO. The van der Waals surface area contributed by atoms with E-state index in [4.69, 9.17) is 5.73 Å². The number of benzene rings is 1. The highest BCUT2D eigenvalue weighted by Crippen LogP contribution is 2.29. The van der Waals surface area contributed by atoms with Crippen molar-refractivity contribution in [2.24, 2.45) is 17.6 Å². The lowest BCUT2D eigenvalue weighted by atomic mass is 9.85. The number of hydrogen-bond acceptors (Lipinski definition) is 2. The minimum Gasteiger partial charge on any atom is -0.396 e. The van der Waals surface area contributed by atoms with Gasteiger partial charge in [0.05, 0.1) is 0 Å². The molecule has 0 radical (unpaired) electrons. The molecule has 0 aromatic heterocycles. The lowest BCUT2D eigenvalue weighted by Crippen LogP contribution is -2.29. The molecule has 1 aromatic rings. The van der Waals surface area contributed by atoms with E-state index in [-0.39, 0.29) is 24.3 Å². The van der Waals surface area contributed by atoms with Gasteiger partial charge in [-0.25, -0.2) is 4.39 Å². The number of rotatable bonds is 4. The monoisotopic (exact) mass is 289 g/mol. The van der Waals surface area contributed by atoms with E-state index >= 15 is 0 Å². The van der Waals surface area contributed by atoms with Crippen molar-refractivity contribution in [3.8, 4) is 0 Å². The number of halogens is 2. The predicted molar refractivity (Wildman–Crippen MR) is 66.4 cm³/mol.